The monoisotopic (exact) mass is 385 g/mol. The fourth-order valence-electron chi connectivity index (χ4n) is 3.26. The van der Waals surface area contributed by atoms with E-state index in [9.17, 15) is 4.79 Å². The molecule has 0 fully saturated rings. The number of nitrogens with zero attached hydrogens (tertiary/aromatic N) is 3. The van der Waals surface area contributed by atoms with Gasteiger partial charge >= 0.3 is 0 Å². The molecule has 29 heavy (non-hydrogen) atoms. The first kappa shape index (κ1) is 18.7. The van der Waals surface area contributed by atoms with Gasteiger partial charge in [-0.25, -0.2) is 0 Å². The van der Waals surface area contributed by atoms with Crippen molar-refractivity contribution in [1.29, 1.82) is 0 Å². The van der Waals surface area contributed by atoms with Gasteiger partial charge in [0, 0.05) is 16.9 Å². The molecule has 4 rings (SSSR count). The molecule has 2 aromatic heterocycles. The van der Waals surface area contributed by atoms with Crippen LogP contribution in [0.5, 0.6) is 0 Å². The lowest BCUT2D eigenvalue weighted by Gasteiger charge is -2.08. The Kier molecular flexibility index (Phi) is 4.99. The third-order valence-corrected chi connectivity index (χ3v) is 4.79. The molecule has 0 saturated heterocycles. The van der Waals surface area contributed by atoms with Crippen molar-refractivity contribution in [2.45, 2.75) is 27.3 Å². The first-order chi connectivity index (χ1) is 14.0. The number of hydrogen-bond acceptors (Lipinski definition) is 3. The number of aromatic amines is 1. The number of amides is 1. The predicted octanol–water partition coefficient (Wildman–Crippen LogP) is 4.50. The number of H-pyrrole nitrogens is 1. The standard InChI is InChI=1S/C23H23N5O/c1-15-7-9-19(10-8-15)21-13-22(26-25-21)23(29)24-20-6-4-5-18(12-20)14-28-17(3)11-16(2)27-28/h4-13H,14H2,1-3H3,(H,24,29)(H,25,26). The minimum absolute atomic E-state index is 0.223. The van der Waals surface area contributed by atoms with Crippen LogP contribution in [0.4, 0.5) is 5.69 Å². The second kappa shape index (κ2) is 7.75. The van der Waals surface area contributed by atoms with Crippen LogP contribution in [0.25, 0.3) is 11.3 Å². The van der Waals surface area contributed by atoms with E-state index in [0.717, 1.165) is 33.9 Å². The Morgan fingerprint density at radius 2 is 1.83 bits per heavy atom. The van der Waals surface area contributed by atoms with Gasteiger partial charge in [0.15, 0.2) is 0 Å². The molecule has 0 spiro atoms. The first-order valence-corrected chi connectivity index (χ1v) is 9.52. The Balaban J connectivity index is 1.47. The SMILES string of the molecule is Cc1ccc(-c2cc(C(=O)Nc3cccc(Cn4nc(C)cc4C)c3)[nH]n2)cc1. The summed E-state index contributed by atoms with van der Waals surface area (Å²) in [6.07, 6.45) is 0. The van der Waals surface area contributed by atoms with Crippen molar-refractivity contribution in [3.05, 3.63) is 88.9 Å². The predicted molar refractivity (Wildman–Crippen MR) is 114 cm³/mol. The first-order valence-electron chi connectivity index (χ1n) is 9.52. The Morgan fingerprint density at radius 1 is 1.03 bits per heavy atom. The van der Waals surface area contributed by atoms with Crippen LogP contribution in [-0.2, 0) is 6.54 Å². The van der Waals surface area contributed by atoms with Gasteiger partial charge in [-0.1, -0.05) is 42.0 Å². The van der Waals surface area contributed by atoms with Crippen LogP contribution in [-0.4, -0.2) is 25.9 Å². The number of benzene rings is 2. The van der Waals surface area contributed by atoms with Gasteiger partial charge in [-0.3, -0.25) is 14.6 Å². The Morgan fingerprint density at radius 3 is 2.55 bits per heavy atom. The summed E-state index contributed by atoms with van der Waals surface area (Å²) in [5.41, 5.74) is 7.23. The highest BCUT2D eigenvalue weighted by atomic mass is 16.1. The second-order valence-corrected chi connectivity index (χ2v) is 7.27. The van der Waals surface area contributed by atoms with Gasteiger partial charge in [-0.15, -0.1) is 0 Å². The zero-order valence-electron chi connectivity index (χ0n) is 16.7. The smallest absolute Gasteiger partial charge is 0.273 e. The van der Waals surface area contributed by atoms with Gasteiger partial charge in [-0.2, -0.15) is 10.2 Å². The number of nitrogens with one attached hydrogen (secondary N) is 2. The molecule has 2 heterocycles. The van der Waals surface area contributed by atoms with Crippen LogP contribution in [0, 0.1) is 20.8 Å². The molecular formula is C23H23N5O. The van der Waals surface area contributed by atoms with Gasteiger partial charge in [0.05, 0.1) is 17.9 Å². The third kappa shape index (κ3) is 4.27. The summed E-state index contributed by atoms with van der Waals surface area (Å²) in [5, 5.41) is 14.5. The summed E-state index contributed by atoms with van der Waals surface area (Å²) in [7, 11) is 0. The number of carbonyl (C=O) groups excluding carboxylic acids is 1. The van der Waals surface area contributed by atoms with Crippen LogP contribution >= 0.6 is 0 Å². The van der Waals surface area contributed by atoms with Gasteiger partial charge in [0.25, 0.3) is 5.91 Å². The minimum atomic E-state index is -0.223. The molecule has 1 amide bonds. The van der Waals surface area contributed by atoms with Crippen LogP contribution < -0.4 is 5.32 Å². The number of rotatable bonds is 5. The molecule has 0 aliphatic carbocycles. The topological polar surface area (TPSA) is 75.6 Å². The number of carbonyl (C=O) groups is 1. The van der Waals surface area contributed by atoms with Crippen LogP contribution in [0.3, 0.4) is 0 Å². The van der Waals surface area contributed by atoms with Crippen molar-refractivity contribution in [2.24, 2.45) is 0 Å². The lowest BCUT2D eigenvalue weighted by molar-refractivity contribution is 0.102. The molecule has 0 bridgehead atoms. The Hall–Kier alpha value is -3.67. The van der Waals surface area contributed by atoms with Gasteiger partial charge in [-0.05, 0) is 50.6 Å². The normalized spacial score (nSPS) is 10.9. The van der Waals surface area contributed by atoms with E-state index in [1.807, 2.05) is 74.0 Å². The zero-order valence-corrected chi connectivity index (χ0v) is 16.7. The fourth-order valence-corrected chi connectivity index (χ4v) is 3.26. The molecule has 0 atom stereocenters. The molecule has 6 nitrogen and oxygen atoms in total. The van der Waals surface area contributed by atoms with E-state index >= 15 is 0 Å². The molecule has 6 heteroatoms. The van der Waals surface area contributed by atoms with Gasteiger partial charge in [0.2, 0.25) is 0 Å². The molecule has 0 unspecified atom stereocenters. The molecule has 146 valence electrons. The molecule has 0 saturated carbocycles. The number of aryl methyl sites for hydroxylation is 3. The van der Waals surface area contributed by atoms with Crippen molar-refractivity contribution in [3.8, 4) is 11.3 Å². The van der Waals surface area contributed by atoms with E-state index in [-0.39, 0.29) is 5.91 Å². The number of hydrogen-bond donors (Lipinski definition) is 2. The van der Waals surface area contributed by atoms with Crippen molar-refractivity contribution in [2.75, 3.05) is 5.32 Å². The number of anilines is 1. The largest absolute Gasteiger partial charge is 0.321 e. The molecule has 0 radical (unpaired) electrons. The maximum Gasteiger partial charge on any atom is 0.273 e. The minimum Gasteiger partial charge on any atom is -0.321 e. The van der Waals surface area contributed by atoms with Crippen molar-refractivity contribution >= 4 is 11.6 Å². The molecule has 4 aromatic rings. The summed E-state index contributed by atoms with van der Waals surface area (Å²) in [4.78, 5) is 12.6. The summed E-state index contributed by atoms with van der Waals surface area (Å²) in [6, 6.07) is 19.7. The average molecular weight is 385 g/mol. The quantitative estimate of drug-likeness (QED) is 0.531. The summed E-state index contributed by atoms with van der Waals surface area (Å²) in [5.74, 6) is -0.223. The summed E-state index contributed by atoms with van der Waals surface area (Å²) < 4.78 is 1.96. The van der Waals surface area contributed by atoms with Crippen molar-refractivity contribution < 1.29 is 4.79 Å². The van der Waals surface area contributed by atoms with Crippen LogP contribution in [0.1, 0.15) is 33.0 Å². The van der Waals surface area contributed by atoms with Gasteiger partial charge < -0.3 is 5.32 Å². The maximum atomic E-state index is 12.6. The van der Waals surface area contributed by atoms with Crippen LogP contribution in [0.15, 0.2) is 60.7 Å². The fraction of sp³-hybridized carbons (Fsp3) is 0.174. The highest BCUT2D eigenvalue weighted by Crippen LogP contribution is 2.19. The zero-order chi connectivity index (χ0) is 20.4. The van der Waals surface area contributed by atoms with E-state index in [1.165, 1.54) is 5.56 Å². The van der Waals surface area contributed by atoms with Crippen molar-refractivity contribution in [1.82, 2.24) is 20.0 Å². The lowest BCUT2D eigenvalue weighted by Crippen LogP contribution is -2.13. The highest BCUT2D eigenvalue weighted by molar-refractivity contribution is 6.03. The van der Waals surface area contributed by atoms with E-state index in [1.54, 1.807) is 6.07 Å². The summed E-state index contributed by atoms with van der Waals surface area (Å²) >= 11 is 0. The summed E-state index contributed by atoms with van der Waals surface area (Å²) in [6.45, 7) is 6.71. The molecule has 0 aliphatic rings. The van der Waals surface area contributed by atoms with Gasteiger partial charge in [0.1, 0.15) is 5.69 Å². The molecule has 0 aliphatic heterocycles. The Labute approximate surface area is 169 Å². The molecule has 2 N–H and O–H groups in total. The van der Waals surface area contributed by atoms with Crippen molar-refractivity contribution in [3.63, 3.8) is 0 Å². The molecule has 2 aromatic carbocycles. The Bertz CT molecular complexity index is 1150. The van der Waals surface area contributed by atoms with E-state index in [2.05, 4.69) is 26.7 Å². The average Bonchev–Trinajstić information content (AvgIpc) is 3.30. The second-order valence-electron chi connectivity index (χ2n) is 7.27. The lowest BCUT2D eigenvalue weighted by atomic mass is 10.1. The van der Waals surface area contributed by atoms with E-state index in [0.29, 0.717) is 12.2 Å². The molecular weight excluding hydrogens is 362 g/mol. The maximum absolute atomic E-state index is 12.6. The highest BCUT2D eigenvalue weighted by Gasteiger charge is 2.12. The van der Waals surface area contributed by atoms with E-state index < -0.39 is 0 Å². The number of aromatic nitrogens is 4. The third-order valence-electron chi connectivity index (χ3n) is 4.79. The van der Waals surface area contributed by atoms with Crippen LogP contribution in [0.2, 0.25) is 0 Å². The van der Waals surface area contributed by atoms with E-state index in [4.69, 9.17) is 0 Å².